The van der Waals surface area contributed by atoms with Crippen molar-refractivity contribution in [2.24, 2.45) is 0 Å². The molecule has 0 aromatic heterocycles. The van der Waals surface area contributed by atoms with Crippen molar-refractivity contribution in [3.05, 3.63) is 502 Å². The summed E-state index contributed by atoms with van der Waals surface area (Å²) in [6, 6.07) is 124. The minimum atomic E-state index is -2.37. The van der Waals surface area contributed by atoms with Crippen molar-refractivity contribution < 1.29 is 105 Å². The highest BCUT2D eigenvalue weighted by Gasteiger charge is 2.53. The lowest BCUT2D eigenvalue weighted by Crippen LogP contribution is -2.62. The van der Waals surface area contributed by atoms with Crippen molar-refractivity contribution in [2.75, 3.05) is 6.61 Å². The Morgan fingerprint density at radius 3 is 0.543 bits per heavy atom. The molecule has 0 amide bonds. The van der Waals surface area contributed by atoms with Gasteiger partial charge < -0.3 is 85.6 Å². The Bertz CT molecular complexity index is 6410. The number of hydrogen-bond donors (Lipinski definition) is 1. The molecule has 0 saturated carbocycles. The number of carbonyl (C=O) groups excluding carboxylic acids is 4. The van der Waals surface area contributed by atoms with Crippen LogP contribution in [0.5, 0.6) is 69.0 Å². The third kappa shape index (κ3) is 26.6. The Morgan fingerprint density at radius 1 is 0.200 bits per heavy atom. The predicted octanol–water partition coefficient (Wildman–Crippen LogP) is 23.2. The third-order valence-corrected chi connectivity index (χ3v) is 22.5. The van der Waals surface area contributed by atoms with Crippen LogP contribution in [0, 0.1) is 0 Å². The zero-order valence-electron chi connectivity index (χ0n) is 76.4. The molecule has 0 radical (unpaired) electrons. The van der Waals surface area contributed by atoms with Crippen LogP contribution in [-0.2, 0) is 103 Å². The van der Waals surface area contributed by atoms with E-state index in [4.69, 9.17) is 80.5 Å². The molecule has 0 bridgehead atoms. The quantitative estimate of drug-likeness (QED) is 0.0275. The van der Waals surface area contributed by atoms with Gasteiger partial charge in [0.2, 0.25) is 23.0 Å². The van der Waals surface area contributed by atoms with E-state index in [1.54, 1.807) is 0 Å². The molecule has 1 fully saturated rings. The molecule has 5 atom stereocenters. The van der Waals surface area contributed by atoms with Crippen LogP contribution in [0.15, 0.2) is 413 Å². The molecule has 1 N–H and O–H groups in total. The minimum Gasteiger partial charge on any atom is -0.485 e. The number of hydrogen-bond acceptors (Lipinski definition) is 22. The van der Waals surface area contributed by atoms with Gasteiger partial charge in [0.1, 0.15) is 92.0 Å². The van der Waals surface area contributed by atoms with E-state index in [0.29, 0.717) is 0 Å². The lowest BCUT2D eigenvalue weighted by Gasteiger charge is -2.42. The zero-order valence-corrected chi connectivity index (χ0v) is 76.4. The molecule has 1 aliphatic heterocycles. The third-order valence-electron chi connectivity index (χ3n) is 22.5. The molecule has 16 aromatic carbocycles. The minimum absolute atomic E-state index is 0.00764. The first-order chi connectivity index (χ1) is 68.9. The van der Waals surface area contributed by atoms with Gasteiger partial charge in [-0.2, -0.15) is 0 Å². The number of rotatable bonds is 45. The molecular formula is C118H100O22. The first-order valence-corrected chi connectivity index (χ1v) is 45.8. The van der Waals surface area contributed by atoms with Gasteiger partial charge in [-0.3, -0.25) is 0 Å². The maximum Gasteiger partial charge on any atom is 0.339 e. The number of ether oxygens (including phenoxy) is 17. The van der Waals surface area contributed by atoms with Gasteiger partial charge in [-0.25, -0.2) is 19.2 Å². The van der Waals surface area contributed by atoms with Gasteiger partial charge in [-0.05, 0) is 115 Å². The van der Waals surface area contributed by atoms with Gasteiger partial charge in [-0.15, -0.1) is 0 Å². The molecule has 4 unspecified atom stereocenters. The van der Waals surface area contributed by atoms with Crippen LogP contribution in [0.25, 0.3) is 0 Å². The fourth-order valence-corrected chi connectivity index (χ4v) is 15.3. The molecule has 0 aliphatic carbocycles. The Labute approximate surface area is 811 Å². The van der Waals surface area contributed by atoms with Gasteiger partial charge in [-0.1, -0.05) is 364 Å². The van der Waals surface area contributed by atoms with Gasteiger partial charge >= 0.3 is 23.9 Å². The first kappa shape index (κ1) is 94.7. The average Bonchev–Trinajstić information content (AvgIpc) is 0.769. The first-order valence-electron chi connectivity index (χ1n) is 45.8. The lowest BCUT2D eigenvalue weighted by atomic mass is 9.97. The topological polar surface area (TPSA) is 245 Å². The van der Waals surface area contributed by atoms with Crippen molar-refractivity contribution in [3.8, 4) is 69.0 Å². The van der Waals surface area contributed by atoms with E-state index in [2.05, 4.69) is 0 Å². The normalized spacial score (nSPS) is 14.1. The van der Waals surface area contributed by atoms with Crippen molar-refractivity contribution in [3.63, 3.8) is 0 Å². The second-order valence-electron chi connectivity index (χ2n) is 32.8. The van der Waals surface area contributed by atoms with Crippen molar-refractivity contribution in [1.82, 2.24) is 0 Å². The van der Waals surface area contributed by atoms with Gasteiger partial charge in [0, 0.05) is 0 Å². The van der Waals surface area contributed by atoms with Crippen LogP contribution in [-0.4, -0.2) is 66.3 Å². The van der Waals surface area contributed by atoms with E-state index in [1.807, 2.05) is 364 Å². The second-order valence-corrected chi connectivity index (χ2v) is 32.8. The van der Waals surface area contributed by atoms with Crippen LogP contribution in [0.2, 0.25) is 0 Å². The fraction of sp³-hybridized carbons (Fsp3) is 0.153. The van der Waals surface area contributed by atoms with E-state index < -0.39 is 61.2 Å². The van der Waals surface area contributed by atoms with Crippen LogP contribution >= 0.6 is 0 Å². The summed E-state index contributed by atoms with van der Waals surface area (Å²) in [4.78, 5) is 65.1. The summed E-state index contributed by atoms with van der Waals surface area (Å²) in [5.74, 6) is -3.81. The van der Waals surface area contributed by atoms with E-state index in [0.717, 1.165) is 66.8 Å². The highest BCUT2D eigenvalue weighted by molar-refractivity contribution is 5.94. The molecule has 22 nitrogen and oxygen atoms in total. The monoisotopic (exact) mass is 1870 g/mol. The fourth-order valence-electron chi connectivity index (χ4n) is 15.3. The molecule has 0 spiro atoms. The second kappa shape index (κ2) is 48.4. The number of aliphatic hydroxyl groups is 1. The summed E-state index contributed by atoms with van der Waals surface area (Å²) in [6.07, 6.45) is -10.8. The Hall–Kier alpha value is -17.1. The maximum atomic E-state index is 16.6. The van der Waals surface area contributed by atoms with Crippen LogP contribution in [0.4, 0.5) is 0 Å². The van der Waals surface area contributed by atoms with Crippen LogP contribution < -0.4 is 56.8 Å². The molecule has 1 saturated heterocycles. The summed E-state index contributed by atoms with van der Waals surface area (Å²) < 4.78 is 114. The molecule has 704 valence electrons. The molecule has 140 heavy (non-hydrogen) atoms. The zero-order chi connectivity index (χ0) is 95.7. The molecule has 22 heteroatoms. The molecular weight excluding hydrogens is 1770 g/mol. The highest BCUT2D eigenvalue weighted by atomic mass is 16.7. The van der Waals surface area contributed by atoms with Gasteiger partial charge in [0.25, 0.3) is 0 Å². The van der Waals surface area contributed by atoms with Crippen molar-refractivity contribution >= 4 is 23.9 Å². The lowest BCUT2D eigenvalue weighted by molar-refractivity contribution is -0.284. The molecule has 1 heterocycles. The number of aliphatic hydroxyl groups excluding tert-OH is 1. The maximum absolute atomic E-state index is 16.6. The van der Waals surface area contributed by atoms with E-state index >= 15 is 19.2 Å². The number of benzene rings is 16. The average molecular weight is 1870 g/mol. The van der Waals surface area contributed by atoms with Crippen LogP contribution in [0.1, 0.15) is 108 Å². The summed E-state index contributed by atoms with van der Waals surface area (Å²) >= 11 is 0. The molecule has 1 aliphatic rings. The van der Waals surface area contributed by atoms with E-state index in [-0.39, 0.29) is 171 Å². The SMILES string of the molecule is O=C(OCC1OC(O)C(OC(=O)c2cc(OCc3ccccc3)c(OCc3ccccc3)c(OCc3ccccc3)c2)[C@@H](OC(=O)c2cc(OCc3ccccc3)c(OCc3ccccc3)c(OCc3ccccc3)c2)C1OC(=O)c1cc(OCc2ccccc2)c(OCc2ccccc2)c(OCc2ccccc2)c1)c1cc(OCc2ccccc2)c(OCc2ccccc2)c(OCc2ccccc2)c1. The highest BCUT2D eigenvalue weighted by Crippen LogP contribution is 2.47. The number of carbonyl (C=O) groups is 4. The van der Waals surface area contributed by atoms with Gasteiger partial charge in [0.05, 0.1) is 22.3 Å². The standard InChI is InChI=1S/C118H100O22/c119-114(94-61-98(124-69-82-37-13-1-14-38-82)107(132-77-90-53-29-9-30-54-90)99(62-94)125-70-83-39-15-2-16-40-83)136-81-106-111(138-115(120)95-63-100(126-71-84-41-17-3-18-42-84)108(133-78-91-55-31-10-32-56-91)101(64-95)127-72-85-43-19-4-20-44-85)112(139-116(121)96-65-102(128-73-86-45-21-5-22-46-86)109(134-79-92-57-33-11-34-58-92)103(66-96)129-74-87-47-23-6-24-48-87)113(118(123)137-106)140-117(122)97-67-104(130-75-88-49-25-7-26-50-88)110(135-80-93-59-35-12-36-60-93)105(68-97)131-76-89-51-27-8-28-52-89/h1-68,106,111-113,118,123H,69-81H2/t106?,111?,112-,113?,118?/m0/s1. The van der Waals surface area contributed by atoms with E-state index in [9.17, 15) is 5.11 Å². The molecule has 17 rings (SSSR count). The Kier molecular flexibility index (Phi) is 32.7. The van der Waals surface area contributed by atoms with Crippen molar-refractivity contribution in [2.45, 2.75) is 110 Å². The van der Waals surface area contributed by atoms with Gasteiger partial charge in [0.15, 0.2) is 70.6 Å². The van der Waals surface area contributed by atoms with E-state index in [1.165, 1.54) is 48.5 Å². The largest absolute Gasteiger partial charge is 0.485 e. The summed E-state index contributed by atoms with van der Waals surface area (Å²) in [6.45, 7) is -1.05. The van der Waals surface area contributed by atoms with Crippen molar-refractivity contribution in [1.29, 1.82) is 0 Å². The molecule has 16 aromatic rings. The predicted molar refractivity (Wildman–Crippen MR) is 524 cm³/mol. The number of esters is 4. The smallest absolute Gasteiger partial charge is 0.339 e. The van der Waals surface area contributed by atoms with Crippen LogP contribution in [0.3, 0.4) is 0 Å². The summed E-state index contributed by atoms with van der Waals surface area (Å²) in [7, 11) is 0. The Morgan fingerprint density at radius 2 is 0.357 bits per heavy atom. The summed E-state index contributed by atoms with van der Waals surface area (Å²) in [5, 5.41) is 13.3. The Balaban J connectivity index is 0.818. The summed E-state index contributed by atoms with van der Waals surface area (Å²) in [5.41, 5.74) is 8.37.